The first kappa shape index (κ1) is 17.5. The zero-order valence-corrected chi connectivity index (χ0v) is 13.7. The highest BCUT2D eigenvalue weighted by molar-refractivity contribution is 6.15. The van der Waals surface area contributed by atoms with Crippen molar-refractivity contribution in [3.05, 3.63) is 47.2 Å². The molecule has 1 aliphatic rings. The minimum atomic E-state index is -1.34. The van der Waals surface area contributed by atoms with Crippen LogP contribution in [0, 0.1) is 0 Å². The van der Waals surface area contributed by atoms with Crippen molar-refractivity contribution < 1.29 is 29.0 Å². The molecule has 1 saturated heterocycles. The second-order valence-electron chi connectivity index (χ2n) is 5.90. The second kappa shape index (κ2) is 6.74. The number of nitrogens with one attached hydrogen (secondary N) is 1. The van der Waals surface area contributed by atoms with E-state index in [1.165, 1.54) is 20.8 Å². The van der Waals surface area contributed by atoms with Crippen LogP contribution < -0.4 is 5.32 Å². The number of rotatable bonds is 5. The van der Waals surface area contributed by atoms with E-state index in [1.54, 1.807) is 24.3 Å². The van der Waals surface area contributed by atoms with Crippen LogP contribution in [-0.2, 0) is 30.3 Å². The molecule has 0 amide bonds. The van der Waals surface area contributed by atoms with Gasteiger partial charge in [-0.1, -0.05) is 30.3 Å². The Morgan fingerprint density at radius 2 is 1.71 bits per heavy atom. The fourth-order valence-electron chi connectivity index (χ4n) is 2.34. The van der Waals surface area contributed by atoms with E-state index >= 15 is 0 Å². The third kappa shape index (κ3) is 4.13. The van der Waals surface area contributed by atoms with Crippen LogP contribution in [-0.4, -0.2) is 34.8 Å². The highest BCUT2D eigenvalue weighted by atomic mass is 16.7. The van der Waals surface area contributed by atoms with Gasteiger partial charge in [-0.25, -0.2) is 14.4 Å². The molecule has 7 heteroatoms. The summed E-state index contributed by atoms with van der Waals surface area (Å²) in [4.78, 5) is 35.5. The molecule has 128 valence electrons. The van der Waals surface area contributed by atoms with Gasteiger partial charge in [-0.05, 0) is 12.5 Å². The number of esters is 2. The summed E-state index contributed by atoms with van der Waals surface area (Å²) in [6.07, 6.45) is 0.191. The van der Waals surface area contributed by atoms with Crippen molar-refractivity contribution in [1.29, 1.82) is 0 Å². The van der Waals surface area contributed by atoms with Gasteiger partial charge in [0.1, 0.15) is 6.04 Å². The predicted molar refractivity (Wildman–Crippen MR) is 83.7 cm³/mol. The topological polar surface area (TPSA) is 102 Å². The number of carbonyl (C=O) groups excluding carboxylic acids is 2. The number of cyclic esters (lactones) is 2. The predicted octanol–water partition coefficient (Wildman–Crippen LogP) is 1.38. The van der Waals surface area contributed by atoms with E-state index in [1.807, 2.05) is 6.07 Å². The molecule has 1 aromatic rings. The number of aliphatic carboxylic acids is 1. The van der Waals surface area contributed by atoms with Gasteiger partial charge in [0.2, 0.25) is 0 Å². The van der Waals surface area contributed by atoms with Gasteiger partial charge in [-0.3, -0.25) is 0 Å². The average molecular weight is 333 g/mol. The normalized spacial score (nSPS) is 17.5. The maximum Gasteiger partial charge on any atom is 0.350 e. The van der Waals surface area contributed by atoms with Crippen LogP contribution in [0.25, 0.3) is 0 Å². The van der Waals surface area contributed by atoms with Crippen molar-refractivity contribution in [2.75, 3.05) is 0 Å². The van der Waals surface area contributed by atoms with Crippen LogP contribution in [0.15, 0.2) is 41.6 Å². The SMILES string of the molecule is CC(NC(Cc1ccccc1)C(=O)O)=C1C(=O)OC(C)(C)OC1=O. The Balaban J connectivity index is 2.21. The number of carboxylic acid groups (broad SMARTS) is 1. The van der Waals surface area contributed by atoms with E-state index < -0.39 is 29.7 Å². The Hall–Kier alpha value is -2.83. The number of hydrogen-bond acceptors (Lipinski definition) is 6. The lowest BCUT2D eigenvalue weighted by atomic mass is 10.0. The molecule has 0 saturated carbocycles. The van der Waals surface area contributed by atoms with E-state index in [-0.39, 0.29) is 17.7 Å². The summed E-state index contributed by atoms with van der Waals surface area (Å²) >= 11 is 0. The van der Waals surface area contributed by atoms with Crippen molar-refractivity contribution in [2.45, 2.75) is 39.0 Å². The third-order valence-corrected chi connectivity index (χ3v) is 3.43. The van der Waals surface area contributed by atoms with Crippen molar-refractivity contribution in [2.24, 2.45) is 0 Å². The molecule has 24 heavy (non-hydrogen) atoms. The monoisotopic (exact) mass is 333 g/mol. The molecule has 1 aliphatic heterocycles. The Bertz CT molecular complexity index is 670. The maximum absolute atomic E-state index is 12.0. The molecule has 0 bridgehead atoms. The Labute approximate surface area is 139 Å². The summed E-state index contributed by atoms with van der Waals surface area (Å²) in [5, 5.41) is 12.1. The molecule has 7 nitrogen and oxygen atoms in total. The smallest absolute Gasteiger partial charge is 0.350 e. The van der Waals surface area contributed by atoms with E-state index in [9.17, 15) is 19.5 Å². The van der Waals surface area contributed by atoms with Gasteiger partial charge in [0, 0.05) is 26.0 Å². The number of hydrogen-bond donors (Lipinski definition) is 2. The molecule has 2 rings (SSSR count). The molecule has 1 unspecified atom stereocenters. The molecule has 0 radical (unpaired) electrons. The first-order valence-electron chi connectivity index (χ1n) is 7.40. The number of benzene rings is 1. The highest BCUT2D eigenvalue weighted by Crippen LogP contribution is 2.24. The lowest BCUT2D eigenvalue weighted by molar-refractivity contribution is -0.222. The average Bonchev–Trinajstić information content (AvgIpc) is 2.45. The summed E-state index contributed by atoms with van der Waals surface area (Å²) < 4.78 is 10.0. The zero-order valence-electron chi connectivity index (χ0n) is 13.7. The van der Waals surface area contributed by atoms with Crippen LogP contribution >= 0.6 is 0 Å². The van der Waals surface area contributed by atoms with Gasteiger partial charge in [0.05, 0.1) is 0 Å². The number of allylic oxidation sites excluding steroid dienone is 1. The van der Waals surface area contributed by atoms with Crippen LogP contribution in [0.1, 0.15) is 26.3 Å². The zero-order chi connectivity index (χ0) is 17.9. The molecule has 0 aromatic heterocycles. The van der Waals surface area contributed by atoms with Crippen molar-refractivity contribution in [3.8, 4) is 0 Å². The molecular weight excluding hydrogens is 314 g/mol. The Morgan fingerprint density at radius 1 is 1.17 bits per heavy atom. The third-order valence-electron chi connectivity index (χ3n) is 3.43. The Morgan fingerprint density at radius 3 is 2.21 bits per heavy atom. The second-order valence-corrected chi connectivity index (χ2v) is 5.90. The van der Waals surface area contributed by atoms with Crippen LogP contribution in [0.3, 0.4) is 0 Å². The molecule has 0 aliphatic carbocycles. The summed E-state index contributed by atoms with van der Waals surface area (Å²) in [6.45, 7) is 4.33. The first-order chi connectivity index (χ1) is 11.2. The van der Waals surface area contributed by atoms with Crippen molar-refractivity contribution in [1.82, 2.24) is 5.32 Å². The number of carbonyl (C=O) groups is 3. The summed E-state index contributed by atoms with van der Waals surface area (Å²) in [6, 6.07) is 8.03. The molecular formula is C17H19NO6. The van der Waals surface area contributed by atoms with Gasteiger partial charge in [-0.2, -0.15) is 0 Å². The highest BCUT2D eigenvalue weighted by Gasteiger charge is 2.40. The number of ether oxygens (including phenoxy) is 2. The Kier molecular flexibility index (Phi) is 4.92. The standard InChI is InChI=1S/C17H19NO6/c1-10(13-15(21)23-17(2,3)24-16(13)22)18-12(14(19)20)9-11-7-5-4-6-8-11/h4-8,12,18H,9H2,1-3H3,(H,19,20). The molecule has 1 aromatic carbocycles. The first-order valence-corrected chi connectivity index (χ1v) is 7.40. The lowest BCUT2D eigenvalue weighted by Crippen LogP contribution is -2.45. The van der Waals surface area contributed by atoms with Crippen LogP contribution in [0.4, 0.5) is 0 Å². The number of carboxylic acids is 1. The molecule has 0 spiro atoms. The van der Waals surface area contributed by atoms with Gasteiger partial charge < -0.3 is 19.9 Å². The largest absolute Gasteiger partial charge is 0.480 e. The van der Waals surface area contributed by atoms with Crippen molar-refractivity contribution in [3.63, 3.8) is 0 Å². The molecule has 1 fully saturated rings. The fourth-order valence-corrected chi connectivity index (χ4v) is 2.34. The molecule has 2 N–H and O–H groups in total. The van der Waals surface area contributed by atoms with Crippen LogP contribution in [0.5, 0.6) is 0 Å². The van der Waals surface area contributed by atoms with Gasteiger partial charge in [0.15, 0.2) is 5.57 Å². The van der Waals surface area contributed by atoms with E-state index in [0.29, 0.717) is 0 Å². The lowest BCUT2D eigenvalue weighted by Gasteiger charge is -2.31. The van der Waals surface area contributed by atoms with E-state index in [2.05, 4.69) is 5.32 Å². The quantitative estimate of drug-likeness (QED) is 0.477. The minimum Gasteiger partial charge on any atom is -0.480 e. The van der Waals surface area contributed by atoms with E-state index in [0.717, 1.165) is 5.56 Å². The molecule has 1 atom stereocenters. The van der Waals surface area contributed by atoms with Gasteiger partial charge >= 0.3 is 17.9 Å². The van der Waals surface area contributed by atoms with E-state index in [4.69, 9.17) is 9.47 Å². The van der Waals surface area contributed by atoms with Gasteiger partial charge in [0.25, 0.3) is 5.79 Å². The summed E-state index contributed by atoms with van der Waals surface area (Å²) in [5.74, 6) is -4.12. The summed E-state index contributed by atoms with van der Waals surface area (Å²) in [5.41, 5.74) is 0.586. The maximum atomic E-state index is 12.0. The van der Waals surface area contributed by atoms with Crippen molar-refractivity contribution >= 4 is 17.9 Å². The fraction of sp³-hybridized carbons (Fsp3) is 0.353. The van der Waals surface area contributed by atoms with Crippen LogP contribution in [0.2, 0.25) is 0 Å². The minimum absolute atomic E-state index is 0.101. The molecule has 1 heterocycles. The summed E-state index contributed by atoms with van der Waals surface area (Å²) in [7, 11) is 0. The van der Waals surface area contributed by atoms with Gasteiger partial charge in [-0.15, -0.1) is 0 Å².